The second kappa shape index (κ2) is 3.93. The number of aliphatic imine (C=N–C) groups is 1. The largest absolute Gasteiger partial charge is 0.480 e. The lowest BCUT2D eigenvalue weighted by molar-refractivity contribution is -0.137. The smallest absolute Gasteiger partial charge is 0.319 e. The van der Waals surface area contributed by atoms with Gasteiger partial charge in [-0.2, -0.15) is 0 Å². The van der Waals surface area contributed by atoms with E-state index in [1.54, 1.807) is 12.1 Å². The van der Waals surface area contributed by atoms with Gasteiger partial charge in [0.25, 0.3) is 0 Å². The van der Waals surface area contributed by atoms with Crippen LogP contribution in [0.15, 0.2) is 23.2 Å². The number of carboxylic acid groups (broad SMARTS) is 1. The first kappa shape index (κ1) is 11.2. The maximum absolute atomic E-state index is 11.8. The van der Waals surface area contributed by atoms with Crippen molar-refractivity contribution in [3.8, 4) is 0 Å². The number of carbonyl (C=O) groups is 3. The number of ketones is 2. The molecule has 0 amide bonds. The standard InChI is InChI=1S/C12H9NO4/c1-6(14)7-2-3-10-8(4-7)11(15)9(5-13-10)12(16)17/h2-5,9H,1H3,(H,16,17). The normalized spacial score (nSPS) is 17.7. The highest BCUT2D eigenvalue weighted by Crippen LogP contribution is 2.27. The van der Waals surface area contributed by atoms with Crippen molar-refractivity contribution in [1.82, 2.24) is 0 Å². The minimum Gasteiger partial charge on any atom is -0.480 e. The van der Waals surface area contributed by atoms with Crippen LogP contribution in [0, 0.1) is 5.92 Å². The Labute approximate surface area is 96.8 Å². The van der Waals surface area contributed by atoms with Crippen LogP contribution >= 0.6 is 0 Å². The van der Waals surface area contributed by atoms with Gasteiger partial charge in [0.15, 0.2) is 17.5 Å². The second-order valence-corrected chi connectivity index (χ2v) is 3.75. The summed E-state index contributed by atoms with van der Waals surface area (Å²) in [6.45, 7) is 1.38. The molecular formula is C12H9NO4. The number of hydrogen-bond acceptors (Lipinski definition) is 4. The summed E-state index contributed by atoms with van der Waals surface area (Å²) in [7, 11) is 0. The highest BCUT2D eigenvalue weighted by atomic mass is 16.4. The van der Waals surface area contributed by atoms with Gasteiger partial charge in [0.1, 0.15) is 0 Å². The molecule has 0 aliphatic carbocycles. The van der Waals surface area contributed by atoms with Crippen LogP contribution in [0.3, 0.4) is 0 Å². The molecule has 17 heavy (non-hydrogen) atoms. The van der Waals surface area contributed by atoms with Gasteiger partial charge in [-0.1, -0.05) is 0 Å². The molecule has 1 aliphatic rings. The molecule has 86 valence electrons. The molecule has 0 aromatic heterocycles. The monoisotopic (exact) mass is 231 g/mol. The molecule has 5 heteroatoms. The van der Waals surface area contributed by atoms with E-state index in [1.165, 1.54) is 13.0 Å². The van der Waals surface area contributed by atoms with E-state index in [4.69, 9.17) is 5.11 Å². The summed E-state index contributed by atoms with van der Waals surface area (Å²) >= 11 is 0. The van der Waals surface area contributed by atoms with Crippen molar-refractivity contribution in [2.75, 3.05) is 0 Å². The third-order valence-electron chi connectivity index (χ3n) is 2.58. The molecule has 0 saturated heterocycles. The Hall–Kier alpha value is -2.30. The van der Waals surface area contributed by atoms with E-state index in [-0.39, 0.29) is 11.3 Å². The summed E-state index contributed by atoms with van der Waals surface area (Å²) in [5.41, 5.74) is 0.962. The molecule has 2 rings (SSSR count). The molecule has 0 bridgehead atoms. The lowest BCUT2D eigenvalue weighted by Gasteiger charge is -2.14. The highest BCUT2D eigenvalue weighted by molar-refractivity contribution is 6.22. The number of carbonyl (C=O) groups excluding carboxylic acids is 2. The van der Waals surface area contributed by atoms with Crippen molar-refractivity contribution in [1.29, 1.82) is 0 Å². The van der Waals surface area contributed by atoms with E-state index >= 15 is 0 Å². The average Bonchev–Trinajstić information content (AvgIpc) is 2.28. The van der Waals surface area contributed by atoms with Crippen LogP contribution in [0.2, 0.25) is 0 Å². The van der Waals surface area contributed by atoms with E-state index in [1.807, 2.05) is 0 Å². The third kappa shape index (κ3) is 1.87. The number of nitrogens with zero attached hydrogens (tertiary/aromatic N) is 1. The Balaban J connectivity index is 2.52. The topological polar surface area (TPSA) is 83.8 Å². The Morgan fingerprint density at radius 2 is 2.06 bits per heavy atom. The number of Topliss-reactive ketones (excluding diaryl/α,β-unsaturated/α-hetero) is 2. The molecule has 0 spiro atoms. The maximum atomic E-state index is 11.8. The Kier molecular flexibility index (Phi) is 2.59. The van der Waals surface area contributed by atoms with Crippen LogP contribution in [-0.4, -0.2) is 28.9 Å². The van der Waals surface area contributed by atoms with Crippen LogP contribution < -0.4 is 0 Å². The van der Waals surface area contributed by atoms with Crippen LogP contribution in [-0.2, 0) is 4.79 Å². The SMILES string of the molecule is CC(=O)c1ccc2c(c1)C(=O)C(C(=O)O)C=N2. The van der Waals surface area contributed by atoms with Crippen LogP contribution in [0.5, 0.6) is 0 Å². The van der Waals surface area contributed by atoms with Crippen LogP contribution in [0.25, 0.3) is 0 Å². The number of rotatable bonds is 2. The minimum absolute atomic E-state index is 0.179. The van der Waals surface area contributed by atoms with Crippen molar-refractivity contribution in [2.24, 2.45) is 10.9 Å². The number of carboxylic acids is 1. The zero-order valence-electron chi connectivity index (χ0n) is 9.01. The van der Waals surface area contributed by atoms with Gasteiger partial charge in [-0.05, 0) is 25.1 Å². The molecule has 1 heterocycles. The fourth-order valence-corrected chi connectivity index (χ4v) is 1.63. The van der Waals surface area contributed by atoms with Gasteiger partial charge in [-0.15, -0.1) is 0 Å². The summed E-state index contributed by atoms with van der Waals surface area (Å²) in [6, 6.07) is 4.50. The van der Waals surface area contributed by atoms with Gasteiger partial charge in [0.05, 0.1) is 5.69 Å². The summed E-state index contributed by atoms with van der Waals surface area (Å²) < 4.78 is 0. The summed E-state index contributed by atoms with van der Waals surface area (Å²) in [5, 5.41) is 8.83. The van der Waals surface area contributed by atoms with E-state index in [2.05, 4.69) is 4.99 Å². The van der Waals surface area contributed by atoms with Crippen molar-refractivity contribution in [3.05, 3.63) is 29.3 Å². The van der Waals surface area contributed by atoms with Crippen LogP contribution in [0.1, 0.15) is 27.6 Å². The number of benzene rings is 1. The third-order valence-corrected chi connectivity index (χ3v) is 2.58. The average molecular weight is 231 g/mol. The summed E-state index contributed by atoms with van der Waals surface area (Å²) in [4.78, 5) is 37.8. The predicted molar refractivity (Wildman–Crippen MR) is 60.1 cm³/mol. The fourth-order valence-electron chi connectivity index (χ4n) is 1.63. The van der Waals surface area contributed by atoms with Gasteiger partial charge in [0.2, 0.25) is 0 Å². The first-order chi connectivity index (χ1) is 8.00. The maximum Gasteiger partial charge on any atom is 0.319 e. The second-order valence-electron chi connectivity index (χ2n) is 3.75. The van der Waals surface area contributed by atoms with Crippen LogP contribution in [0.4, 0.5) is 5.69 Å². The molecule has 1 aromatic carbocycles. The minimum atomic E-state index is -1.26. The Morgan fingerprint density at radius 1 is 1.35 bits per heavy atom. The number of fused-ring (bicyclic) bond motifs is 1. The molecule has 5 nitrogen and oxygen atoms in total. The van der Waals surface area contributed by atoms with Crippen molar-refractivity contribution in [2.45, 2.75) is 6.92 Å². The molecule has 1 N–H and O–H groups in total. The predicted octanol–water partition coefficient (Wildman–Crippen LogP) is 1.49. The van der Waals surface area contributed by atoms with Gasteiger partial charge in [0, 0.05) is 17.3 Å². The lowest BCUT2D eigenvalue weighted by Crippen LogP contribution is -2.27. The van der Waals surface area contributed by atoms with E-state index < -0.39 is 17.7 Å². The molecule has 1 atom stereocenters. The number of aliphatic carboxylic acids is 1. The zero-order chi connectivity index (χ0) is 12.6. The first-order valence-electron chi connectivity index (χ1n) is 4.97. The van der Waals surface area contributed by atoms with Gasteiger partial charge in [-0.3, -0.25) is 19.4 Å². The summed E-state index contributed by atoms with van der Waals surface area (Å²) in [5.74, 6) is -3.21. The molecule has 0 fully saturated rings. The summed E-state index contributed by atoms with van der Waals surface area (Å²) in [6.07, 6.45) is 1.11. The van der Waals surface area contributed by atoms with Gasteiger partial charge in [-0.25, -0.2) is 0 Å². The van der Waals surface area contributed by atoms with Gasteiger partial charge < -0.3 is 5.11 Å². The van der Waals surface area contributed by atoms with Crippen molar-refractivity contribution < 1.29 is 19.5 Å². The molecule has 0 saturated carbocycles. The van der Waals surface area contributed by atoms with E-state index in [0.717, 1.165) is 6.21 Å². The fraction of sp³-hybridized carbons (Fsp3) is 0.167. The van der Waals surface area contributed by atoms with Gasteiger partial charge >= 0.3 is 5.97 Å². The quantitative estimate of drug-likeness (QED) is 0.617. The first-order valence-corrected chi connectivity index (χ1v) is 4.97. The molecule has 1 aromatic rings. The van der Waals surface area contributed by atoms with E-state index in [9.17, 15) is 14.4 Å². The van der Waals surface area contributed by atoms with Crippen molar-refractivity contribution in [3.63, 3.8) is 0 Å². The molecular weight excluding hydrogens is 222 g/mol. The molecule has 0 radical (unpaired) electrons. The molecule has 1 aliphatic heterocycles. The number of hydrogen-bond donors (Lipinski definition) is 1. The Morgan fingerprint density at radius 3 is 2.65 bits per heavy atom. The lowest BCUT2D eigenvalue weighted by atomic mass is 9.93. The van der Waals surface area contributed by atoms with Crippen molar-refractivity contribution >= 4 is 29.4 Å². The van der Waals surface area contributed by atoms with E-state index in [0.29, 0.717) is 11.3 Å². The highest BCUT2D eigenvalue weighted by Gasteiger charge is 2.30. The zero-order valence-corrected chi connectivity index (χ0v) is 9.01. The molecule has 1 unspecified atom stereocenters. The Bertz CT molecular complexity index is 560.